The van der Waals surface area contributed by atoms with E-state index >= 15 is 0 Å². The summed E-state index contributed by atoms with van der Waals surface area (Å²) in [5.41, 5.74) is 4.04. The number of aromatic nitrogens is 3. The Morgan fingerprint density at radius 3 is 3.00 bits per heavy atom. The van der Waals surface area contributed by atoms with Gasteiger partial charge in [-0.15, -0.1) is 5.10 Å². The van der Waals surface area contributed by atoms with Crippen LogP contribution in [0, 0.1) is 0 Å². The minimum Gasteiger partial charge on any atom is -0.468 e. The number of aromatic amines is 1. The number of hydrogen-bond donors (Lipinski definition) is 2. The molecule has 2 rings (SSSR count). The Labute approximate surface area is 115 Å². The van der Waals surface area contributed by atoms with Crippen LogP contribution < -0.4 is 5.43 Å². The van der Waals surface area contributed by atoms with Crippen molar-refractivity contribution in [2.24, 2.45) is 5.10 Å². The summed E-state index contributed by atoms with van der Waals surface area (Å²) in [6.07, 6.45) is 5.79. The number of ether oxygens (including phenoxy) is 1. The summed E-state index contributed by atoms with van der Waals surface area (Å²) in [6.45, 7) is 0. The van der Waals surface area contributed by atoms with Crippen molar-refractivity contribution in [1.82, 2.24) is 15.2 Å². The second kappa shape index (κ2) is 7.13. The van der Waals surface area contributed by atoms with Gasteiger partial charge in [0.15, 0.2) is 0 Å². The molecule has 0 aliphatic heterocycles. The lowest BCUT2D eigenvalue weighted by molar-refractivity contribution is -0.137. The number of esters is 1. The van der Waals surface area contributed by atoms with E-state index in [1.54, 1.807) is 0 Å². The van der Waals surface area contributed by atoms with Gasteiger partial charge >= 0.3 is 5.97 Å². The van der Waals surface area contributed by atoms with E-state index in [0.717, 1.165) is 12.8 Å². The number of methoxy groups -OCH3 is 1. The standard InChI is InChI=1S/C11H17N5O2S/c1-18-9(17)7-19-11-12-10(15-16-11)14-13-8-5-3-2-4-6-8/h2-7H2,1H3,(H2,12,14,15,16). The molecule has 1 aromatic heterocycles. The molecular weight excluding hydrogens is 266 g/mol. The van der Waals surface area contributed by atoms with Crippen LogP contribution in [0.4, 0.5) is 5.95 Å². The molecule has 1 fully saturated rings. The van der Waals surface area contributed by atoms with Crippen LogP contribution in [-0.4, -0.2) is 39.7 Å². The third-order valence-electron chi connectivity index (χ3n) is 2.76. The van der Waals surface area contributed by atoms with Gasteiger partial charge in [0.05, 0.1) is 12.9 Å². The molecule has 0 aromatic carbocycles. The number of H-pyrrole nitrogens is 1. The zero-order chi connectivity index (χ0) is 13.5. The molecule has 104 valence electrons. The lowest BCUT2D eigenvalue weighted by Crippen LogP contribution is -2.07. The smallest absolute Gasteiger partial charge is 0.316 e. The van der Waals surface area contributed by atoms with Gasteiger partial charge < -0.3 is 4.74 Å². The summed E-state index contributed by atoms with van der Waals surface area (Å²) in [6, 6.07) is 0. The lowest BCUT2D eigenvalue weighted by atomic mass is 9.99. The molecule has 8 heteroatoms. The first kappa shape index (κ1) is 13.9. The highest BCUT2D eigenvalue weighted by molar-refractivity contribution is 7.99. The number of carbonyl (C=O) groups excluding carboxylic acids is 1. The van der Waals surface area contributed by atoms with E-state index in [0.29, 0.717) is 11.1 Å². The van der Waals surface area contributed by atoms with Crippen molar-refractivity contribution in [3.05, 3.63) is 0 Å². The van der Waals surface area contributed by atoms with Crippen molar-refractivity contribution in [2.75, 3.05) is 18.3 Å². The van der Waals surface area contributed by atoms with Gasteiger partial charge in [0.1, 0.15) is 0 Å². The van der Waals surface area contributed by atoms with E-state index in [4.69, 9.17) is 0 Å². The van der Waals surface area contributed by atoms with Crippen molar-refractivity contribution < 1.29 is 9.53 Å². The highest BCUT2D eigenvalue weighted by Gasteiger charge is 2.09. The summed E-state index contributed by atoms with van der Waals surface area (Å²) in [4.78, 5) is 15.1. The molecule has 2 N–H and O–H groups in total. The number of hydrazone groups is 1. The quantitative estimate of drug-likeness (QED) is 0.486. The lowest BCUT2D eigenvalue weighted by Gasteiger charge is -2.11. The van der Waals surface area contributed by atoms with Gasteiger partial charge in [-0.05, 0) is 25.7 Å². The fraction of sp³-hybridized carbons (Fsp3) is 0.636. The number of rotatable bonds is 5. The highest BCUT2D eigenvalue weighted by Crippen LogP contribution is 2.16. The molecule has 1 aromatic rings. The van der Waals surface area contributed by atoms with Gasteiger partial charge in [-0.25, -0.2) is 10.5 Å². The van der Waals surface area contributed by atoms with Gasteiger partial charge in [-0.1, -0.05) is 18.2 Å². The second-order valence-corrected chi connectivity index (χ2v) is 5.12. The van der Waals surface area contributed by atoms with Gasteiger partial charge in [0.2, 0.25) is 11.1 Å². The van der Waals surface area contributed by atoms with Gasteiger partial charge in [0, 0.05) is 5.71 Å². The molecule has 0 amide bonds. The van der Waals surface area contributed by atoms with Gasteiger partial charge in [-0.2, -0.15) is 10.1 Å². The number of thioether (sulfide) groups is 1. The molecule has 0 spiro atoms. The predicted molar refractivity (Wildman–Crippen MR) is 73.3 cm³/mol. The number of anilines is 1. The van der Waals surface area contributed by atoms with E-state index in [2.05, 4.69) is 30.4 Å². The van der Waals surface area contributed by atoms with Crippen LogP contribution in [0.1, 0.15) is 32.1 Å². The van der Waals surface area contributed by atoms with Crippen LogP contribution in [0.25, 0.3) is 0 Å². The highest BCUT2D eigenvalue weighted by atomic mass is 32.2. The van der Waals surface area contributed by atoms with Crippen LogP contribution in [-0.2, 0) is 9.53 Å². The first-order chi connectivity index (χ1) is 9.28. The molecule has 0 saturated heterocycles. The summed E-state index contributed by atoms with van der Waals surface area (Å²) in [5.74, 6) is 0.389. The maximum atomic E-state index is 11.0. The number of nitrogens with one attached hydrogen (secondary N) is 2. The van der Waals surface area contributed by atoms with E-state index in [1.165, 1.54) is 43.8 Å². The van der Waals surface area contributed by atoms with Crippen molar-refractivity contribution in [3.63, 3.8) is 0 Å². The molecule has 0 atom stereocenters. The molecule has 0 radical (unpaired) electrons. The Morgan fingerprint density at radius 2 is 2.26 bits per heavy atom. The van der Waals surface area contributed by atoms with Crippen LogP contribution >= 0.6 is 11.8 Å². The molecule has 1 saturated carbocycles. The zero-order valence-corrected chi connectivity index (χ0v) is 11.6. The largest absolute Gasteiger partial charge is 0.468 e. The summed E-state index contributed by atoms with van der Waals surface area (Å²) in [5, 5.41) is 11.5. The van der Waals surface area contributed by atoms with E-state index in [-0.39, 0.29) is 11.7 Å². The van der Waals surface area contributed by atoms with Gasteiger partial charge in [-0.3, -0.25) is 4.79 Å². The second-order valence-electron chi connectivity index (χ2n) is 4.18. The predicted octanol–water partition coefficient (Wildman–Crippen LogP) is 1.80. The maximum absolute atomic E-state index is 11.0. The Bertz CT molecular complexity index is 452. The molecule has 0 bridgehead atoms. The minimum atomic E-state index is -0.299. The van der Waals surface area contributed by atoms with E-state index in [1.807, 2.05) is 0 Å². The average Bonchev–Trinajstić information content (AvgIpc) is 2.91. The molecule has 1 heterocycles. The Kier molecular flexibility index (Phi) is 5.20. The number of carbonyl (C=O) groups is 1. The fourth-order valence-electron chi connectivity index (χ4n) is 1.75. The van der Waals surface area contributed by atoms with Crippen LogP contribution in [0.3, 0.4) is 0 Å². The maximum Gasteiger partial charge on any atom is 0.316 e. The Hall–Kier alpha value is -1.57. The third-order valence-corrected chi connectivity index (χ3v) is 3.58. The van der Waals surface area contributed by atoms with Crippen molar-refractivity contribution >= 4 is 29.4 Å². The monoisotopic (exact) mass is 283 g/mol. The van der Waals surface area contributed by atoms with E-state index in [9.17, 15) is 4.79 Å². The molecule has 1 aliphatic rings. The average molecular weight is 283 g/mol. The fourth-order valence-corrected chi connectivity index (χ4v) is 2.38. The Morgan fingerprint density at radius 1 is 1.47 bits per heavy atom. The first-order valence-electron chi connectivity index (χ1n) is 6.21. The summed E-state index contributed by atoms with van der Waals surface area (Å²) >= 11 is 1.22. The van der Waals surface area contributed by atoms with Crippen molar-refractivity contribution in [3.8, 4) is 0 Å². The number of nitrogens with zero attached hydrogens (tertiary/aromatic N) is 3. The van der Waals surface area contributed by atoms with Crippen molar-refractivity contribution in [1.29, 1.82) is 0 Å². The van der Waals surface area contributed by atoms with Crippen LogP contribution in [0.2, 0.25) is 0 Å². The Balaban J connectivity index is 1.81. The molecule has 19 heavy (non-hydrogen) atoms. The topological polar surface area (TPSA) is 92.3 Å². The number of hydrogen-bond acceptors (Lipinski definition) is 7. The van der Waals surface area contributed by atoms with Gasteiger partial charge in [0.25, 0.3) is 0 Å². The first-order valence-corrected chi connectivity index (χ1v) is 7.20. The SMILES string of the molecule is COC(=O)CSc1n[nH]c(NN=C2CCCCC2)n1. The van der Waals surface area contributed by atoms with Crippen LogP contribution in [0.15, 0.2) is 10.3 Å². The molecule has 1 aliphatic carbocycles. The summed E-state index contributed by atoms with van der Waals surface area (Å²) < 4.78 is 4.54. The molecule has 0 unspecified atom stereocenters. The normalized spacial score (nSPS) is 15.1. The van der Waals surface area contributed by atoms with E-state index < -0.39 is 0 Å². The summed E-state index contributed by atoms with van der Waals surface area (Å²) in [7, 11) is 1.36. The molecule has 7 nitrogen and oxygen atoms in total. The molecular formula is C11H17N5O2S. The minimum absolute atomic E-state index is 0.197. The zero-order valence-electron chi connectivity index (χ0n) is 10.8. The van der Waals surface area contributed by atoms with Crippen LogP contribution in [0.5, 0.6) is 0 Å². The van der Waals surface area contributed by atoms with Crippen molar-refractivity contribution in [2.45, 2.75) is 37.3 Å². The third kappa shape index (κ3) is 4.55.